The third-order valence-electron chi connectivity index (χ3n) is 4.85. The quantitative estimate of drug-likeness (QED) is 0.592. The van der Waals surface area contributed by atoms with Gasteiger partial charge >= 0.3 is 0 Å². The number of nitrogens with one attached hydrogen (secondary N) is 1. The summed E-state index contributed by atoms with van der Waals surface area (Å²) in [5.74, 6) is 1.41. The maximum atomic E-state index is 12.4. The number of guanidine groups is 1. The summed E-state index contributed by atoms with van der Waals surface area (Å²) in [4.78, 5) is 25.1. The van der Waals surface area contributed by atoms with E-state index in [0.29, 0.717) is 32.0 Å². The Morgan fingerprint density at radius 2 is 1.89 bits per heavy atom. The van der Waals surface area contributed by atoms with Crippen LogP contribution >= 0.6 is 0 Å². The SMILES string of the molecule is CCc1ccc(NC(N)=NCCC(=O)N2CCN(c3ccccn3)CC2)cc1. The van der Waals surface area contributed by atoms with Crippen LogP contribution in [0.3, 0.4) is 0 Å². The van der Waals surface area contributed by atoms with E-state index in [2.05, 4.69) is 39.2 Å². The fourth-order valence-electron chi connectivity index (χ4n) is 3.17. The number of pyridine rings is 1. The minimum atomic E-state index is 0.115. The zero-order valence-electron chi connectivity index (χ0n) is 16.3. The number of aliphatic imine (C=N–C) groups is 1. The second-order valence-corrected chi connectivity index (χ2v) is 6.75. The summed E-state index contributed by atoms with van der Waals surface area (Å²) in [6, 6.07) is 14.0. The predicted molar refractivity (Wildman–Crippen MR) is 114 cm³/mol. The van der Waals surface area contributed by atoms with Gasteiger partial charge in [-0.25, -0.2) is 4.98 Å². The van der Waals surface area contributed by atoms with Gasteiger partial charge in [0, 0.05) is 44.5 Å². The van der Waals surface area contributed by atoms with Crippen molar-refractivity contribution in [2.75, 3.05) is 42.9 Å². The number of rotatable bonds is 6. The number of nitrogens with zero attached hydrogens (tertiary/aromatic N) is 4. The maximum absolute atomic E-state index is 12.4. The van der Waals surface area contributed by atoms with Gasteiger partial charge < -0.3 is 20.9 Å². The molecule has 1 amide bonds. The molecule has 3 N–H and O–H groups in total. The fourth-order valence-corrected chi connectivity index (χ4v) is 3.17. The molecule has 0 bridgehead atoms. The van der Waals surface area contributed by atoms with Crippen molar-refractivity contribution in [3.05, 3.63) is 54.2 Å². The molecule has 2 aromatic rings. The molecule has 1 aliphatic heterocycles. The lowest BCUT2D eigenvalue weighted by Crippen LogP contribution is -2.49. The largest absolute Gasteiger partial charge is 0.370 e. The van der Waals surface area contributed by atoms with Gasteiger partial charge in [0.25, 0.3) is 0 Å². The summed E-state index contributed by atoms with van der Waals surface area (Å²) in [5, 5.41) is 3.06. The van der Waals surface area contributed by atoms with E-state index in [4.69, 9.17) is 5.73 Å². The average Bonchev–Trinajstić information content (AvgIpc) is 2.75. The summed E-state index contributed by atoms with van der Waals surface area (Å²) < 4.78 is 0. The molecule has 7 nitrogen and oxygen atoms in total. The molecule has 148 valence electrons. The number of anilines is 2. The second kappa shape index (κ2) is 9.73. The first-order chi connectivity index (χ1) is 13.7. The summed E-state index contributed by atoms with van der Waals surface area (Å²) >= 11 is 0. The van der Waals surface area contributed by atoms with Gasteiger partial charge in [-0.05, 0) is 36.2 Å². The van der Waals surface area contributed by atoms with Gasteiger partial charge in [0.2, 0.25) is 5.91 Å². The van der Waals surface area contributed by atoms with Crippen LogP contribution in [-0.2, 0) is 11.2 Å². The van der Waals surface area contributed by atoms with E-state index in [9.17, 15) is 4.79 Å². The zero-order chi connectivity index (χ0) is 19.8. The van der Waals surface area contributed by atoms with E-state index < -0.39 is 0 Å². The average molecular weight is 380 g/mol. The number of hydrogen-bond donors (Lipinski definition) is 2. The standard InChI is InChI=1S/C21H28N6O/c1-2-17-6-8-18(9-7-17)25-21(22)24-12-10-20(28)27-15-13-26(14-16-27)19-5-3-4-11-23-19/h3-9,11H,2,10,12-16H2,1H3,(H3,22,24,25). The molecule has 0 saturated carbocycles. The molecule has 1 aromatic carbocycles. The van der Waals surface area contributed by atoms with Crippen molar-refractivity contribution in [1.82, 2.24) is 9.88 Å². The molecule has 1 saturated heterocycles. The number of piperazine rings is 1. The molecule has 0 aliphatic carbocycles. The Bertz CT molecular complexity index is 782. The minimum Gasteiger partial charge on any atom is -0.370 e. The number of benzene rings is 1. The Morgan fingerprint density at radius 3 is 2.54 bits per heavy atom. The smallest absolute Gasteiger partial charge is 0.224 e. The molecular formula is C21H28N6O. The van der Waals surface area contributed by atoms with Crippen LogP contribution in [0.4, 0.5) is 11.5 Å². The van der Waals surface area contributed by atoms with E-state index >= 15 is 0 Å². The monoisotopic (exact) mass is 380 g/mol. The molecule has 0 spiro atoms. The highest BCUT2D eigenvalue weighted by Crippen LogP contribution is 2.13. The van der Waals surface area contributed by atoms with Gasteiger partial charge in [-0.15, -0.1) is 0 Å². The third kappa shape index (κ3) is 5.45. The van der Waals surface area contributed by atoms with Crippen LogP contribution in [0.5, 0.6) is 0 Å². The van der Waals surface area contributed by atoms with Crippen LogP contribution in [0.1, 0.15) is 18.9 Å². The molecule has 7 heteroatoms. The number of nitrogens with two attached hydrogens (primary N) is 1. The Labute approximate surface area is 166 Å². The van der Waals surface area contributed by atoms with Crippen LogP contribution in [0.2, 0.25) is 0 Å². The molecule has 0 unspecified atom stereocenters. The van der Waals surface area contributed by atoms with Gasteiger partial charge in [-0.1, -0.05) is 25.1 Å². The van der Waals surface area contributed by atoms with Gasteiger partial charge in [-0.3, -0.25) is 9.79 Å². The van der Waals surface area contributed by atoms with Crippen molar-refractivity contribution < 1.29 is 4.79 Å². The molecule has 0 radical (unpaired) electrons. The number of carbonyl (C=O) groups excluding carboxylic acids is 1. The molecule has 3 rings (SSSR count). The molecular weight excluding hydrogens is 352 g/mol. The van der Waals surface area contributed by atoms with Gasteiger partial charge in [0.15, 0.2) is 5.96 Å². The predicted octanol–water partition coefficient (Wildman–Crippen LogP) is 2.11. The summed E-state index contributed by atoms with van der Waals surface area (Å²) in [6.45, 7) is 5.50. The van der Waals surface area contributed by atoms with Crippen molar-refractivity contribution in [2.45, 2.75) is 19.8 Å². The molecule has 28 heavy (non-hydrogen) atoms. The number of hydrogen-bond acceptors (Lipinski definition) is 4. The van der Waals surface area contributed by atoms with Crippen LogP contribution in [0, 0.1) is 0 Å². The Balaban J connectivity index is 1.40. The van der Waals surface area contributed by atoms with Crippen molar-refractivity contribution in [1.29, 1.82) is 0 Å². The number of amides is 1. The fraction of sp³-hybridized carbons (Fsp3) is 0.381. The van der Waals surface area contributed by atoms with Crippen molar-refractivity contribution >= 4 is 23.4 Å². The second-order valence-electron chi connectivity index (χ2n) is 6.75. The normalized spacial score (nSPS) is 14.8. The van der Waals surface area contributed by atoms with Crippen LogP contribution in [0.15, 0.2) is 53.7 Å². The van der Waals surface area contributed by atoms with E-state index in [0.717, 1.165) is 31.0 Å². The van der Waals surface area contributed by atoms with Crippen molar-refractivity contribution in [2.24, 2.45) is 10.7 Å². The lowest BCUT2D eigenvalue weighted by molar-refractivity contribution is -0.131. The van der Waals surface area contributed by atoms with E-state index in [1.165, 1.54) is 5.56 Å². The van der Waals surface area contributed by atoms with Crippen LogP contribution in [-0.4, -0.2) is 54.5 Å². The summed E-state index contributed by atoms with van der Waals surface area (Å²) in [5.41, 5.74) is 8.10. The molecule has 1 fully saturated rings. The molecule has 2 heterocycles. The Morgan fingerprint density at radius 1 is 1.14 bits per heavy atom. The van der Waals surface area contributed by atoms with E-state index in [1.807, 2.05) is 35.2 Å². The summed E-state index contributed by atoms with van der Waals surface area (Å²) in [7, 11) is 0. The number of aromatic nitrogens is 1. The highest BCUT2D eigenvalue weighted by atomic mass is 16.2. The summed E-state index contributed by atoms with van der Waals surface area (Å²) in [6.07, 6.45) is 3.16. The highest BCUT2D eigenvalue weighted by molar-refractivity contribution is 5.92. The van der Waals surface area contributed by atoms with E-state index in [-0.39, 0.29) is 5.91 Å². The molecule has 1 aromatic heterocycles. The lowest BCUT2D eigenvalue weighted by Gasteiger charge is -2.35. The Hall–Kier alpha value is -3.09. The maximum Gasteiger partial charge on any atom is 0.224 e. The first-order valence-electron chi connectivity index (χ1n) is 9.75. The Kier molecular flexibility index (Phi) is 6.84. The zero-order valence-corrected chi connectivity index (χ0v) is 16.3. The minimum absolute atomic E-state index is 0.115. The number of carbonyl (C=O) groups is 1. The molecule has 1 aliphatic rings. The lowest BCUT2D eigenvalue weighted by atomic mass is 10.1. The van der Waals surface area contributed by atoms with Crippen molar-refractivity contribution in [3.8, 4) is 0 Å². The van der Waals surface area contributed by atoms with E-state index in [1.54, 1.807) is 6.20 Å². The van der Waals surface area contributed by atoms with Crippen LogP contribution in [0.25, 0.3) is 0 Å². The van der Waals surface area contributed by atoms with Gasteiger partial charge in [-0.2, -0.15) is 0 Å². The van der Waals surface area contributed by atoms with Gasteiger partial charge in [0.1, 0.15) is 5.82 Å². The first kappa shape index (κ1) is 19.7. The van der Waals surface area contributed by atoms with Crippen molar-refractivity contribution in [3.63, 3.8) is 0 Å². The van der Waals surface area contributed by atoms with Gasteiger partial charge in [0.05, 0.1) is 6.54 Å². The highest BCUT2D eigenvalue weighted by Gasteiger charge is 2.21. The number of aryl methyl sites for hydroxylation is 1. The molecule has 0 atom stereocenters. The third-order valence-corrected chi connectivity index (χ3v) is 4.85. The topological polar surface area (TPSA) is 86.8 Å². The first-order valence-corrected chi connectivity index (χ1v) is 9.75. The van der Waals surface area contributed by atoms with Crippen LogP contribution < -0.4 is 16.0 Å².